The Hall–Kier alpha value is -3.81. The van der Waals surface area contributed by atoms with Gasteiger partial charge in [0.1, 0.15) is 23.9 Å². The average molecular weight is 472 g/mol. The highest BCUT2D eigenvalue weighted by atomic mass is 16.5. The summed E-state index contributed by atoms with van der Waals surface area (Å²) in [6, 6.07) is 24.6. The van der Waals surface area contributed by atoms with Gasteiger partial charge in [-0.05, 0) is 73.5 Å². The minimum absolute atomic E-state index is 0.145. The van der Waals surface area contributed by atoms with Crippen LogP contribution in [0.3, 0.4) is 0 Å². The van der Waals surface area contributed by atoms with Gasteiger partial charge in [0.05, 0.1) is 17.5 Å². The molecular formula is C28H29N3O4. The van der Waals surface area contributed by atoms with Crippen molar-refractivity contribution in [3.63, 3.8) is 0 Å². The SMILES string of the molecule is O=c1n(-c2ccc(OCCNCC3CCCO3)cc2)ccn1-c1ccc(Oc2ccccc2)cc1. The lowest BCUT2D eigenvalue weighted by molar-refractivity contribution is 0.109. The molecule has 1 aliphatic heterocycles. The maximum Gasteiger partial charge on any atom is 0.337 e. The Labute approximate surface area is 204 Å². The van der Waals surface area contributed by atoms with Gasteiger partial charge in [0.25, 0.3) is 0 Å². The first-order chi connectivity index (χ1) is 17.3. The summed E-state index contributed by atoms with van der Waals surface area (Å²) < 4.78 is 20.5. The third kappa shape index (κ3) is 5.82. The van der Waals surface area contributed by atoms with Crippen molar-refractivity contribution in [2.24, 2.45) is 0 Å². The van der Waals surface area contributed by atoms with E-state index in [0.717, 1.165) is 55.4 Å². The predicted octanol–water partition coefficient (Wildman–Crippen LogP) is 4.57. The number of hydrogen-bond acceptors (Lipinski definition) is 5. The Balaban J connectivity index is 1.17. The van der Waals surface area contributed by atoms with Crippen molar-refractivity contribution in [1.29, 1.82) is 0 Å². The van der Waals surface area contributed by atoms with Gasteiger partial charge >= 0.3 is 5.69 Å². The summed E-state index contributed by atoms with van der Waals surface area (Å²) >= 11 is 0. The van der Waals surface area contributed by atoms with Gasteiger partial charge in [0.2, 0.25) is 0 Å². The van der Waals surface area contributed by atoms with Crippen molar-refractivity contribution < 1.29 is 14.2 Å². The van der Waals surface area contributed by atoms with E-state index in [1.54, 1.807) is 21.5 Å². The van der Waals surface area contributed by atoms with Crippen LogP contribution >= 0.6 is 0 Å². The Morgan fingerprint density at radius 3 is 2.09 bits per heavy atom. The van der Waals surface area contributed by atoms with E-state index >= 15 is 0 Å². The molecule has 1 fully saturated rings. The standard InChI is InChI=1S/C28H29N3O4/c32-28-30(22-8-12-24(13-9-22)34-20-16-29-21-27-7-4-19-33-27)17-18-31(28)23-10-14-26(15-11-23)35-25-5-2-1-3-6-25/h1-3,5-6,8-15,17-18,27,29H,4,7,16,19-21H2. The van der Waals surface area contributed by atoms with Crippen LogP contribution in [0.25, 0.3) is 11.4 Å². The molecule has 1 aliphatic rings. The zero-order valence-corrected chi connectivity index (χ0v) is 19.5. The normalized spacial score (nSPS) is 15.3. The second-order valence-electron chi connectivity index (χ2n) is 8.41. The smallest absolute Gasteiger partial charge is 0.337 e. The number of nitrogens with zero attached hydrogens (tertiary/aromatic N) is 2. The lowest BCUT2D eigenvalue weighted by Gasteiger charge is -2.11. The Morgan fingerprint density at radius 1 is 0.829 bits per heavy atom. The number of benzene rings is 3. The summed E-state index contributed by atoms with van der Waals surface area (Å²) in [7, 11) is 0. The Kier molecular flexibility index (Phi) is 7.27. The van der Waals surface area contributed by atoms with Crippen molar-refractivity contribution in [3.05, 3.63) is 102 Å². The van der Waals surface area contributed by atoms with Crippen LogP contribution in [0.4, 0.5) is 0 Å². The van der Waals surface area contributed by atoms with Gasteiger partial charge in [-0.3, -0.25) is 9.13 Å². The molecule has 3 aromatic carbocycles. The lowest BCUT2D eigenvalue weighted by Crippen LogP contribution is -2.29. The third-order valence-electron chi connectivity index (χ3n) is 5.93. The number of aromatic nitrogens is 2. The van der Waals surface area contributed by atoms with E-state index in [9.17, 15) is 4.79 Å². The van der Waals surface area contributed by atoms with Crippen molar-refractivity contribution >= 4 is 0 Å². The fourth-order valence-corrected chi connectivity index (χ4v) is 4.08. The van der Waals surface area contributed by atoms with E-state index in [0.29, 0.717) is 18.5 Å². The maximum atomic E-state index is 13.0. The number of para-hydroxylation sites is 1. The Bertz CT molecular complexity index is 1260. The molecule has 1 aromatic heterocycles. The number of nitrogens with one attached hydrogen (secondary N) is 1. The molecule has 0 bridgehead atoms. The Morgan fingerprint density at radius 2 is 1.46 bits per heavy atom. The molecule has 1 atom stereocenters. The van der Waals surface area contributed by atoms with E-state index in [1.165, 1.54) is 0 Å². The molecule has 5 rings (SSSR count). The first-order valence-corrected chi connectivity index (χ1v) is 12.0. The quantitative estimate of drug-likeness (QED) is 0.343. The molecular weight excluding hydrogens is 442 g/mol. The van der Waals surface area contributed by atoms with Crippen LogP contribution in [0, 0.1) is 0 Å². The summed E-state index contributed by atoms with van der Waals surface area (Å²) in [5.41, 5.74) is 1.40. The molecule has 1 saturated heterocycles. The van der Waals surface area contributed by atoms with Crippen LogP contribution in [-0.4, -0.2) is 41.5 Å². The monoisotopic (exact) mass is 471 g/mol. The summed E-state index contributed by atoms with van der Waals surface area (Å²) in [5, 5.41) is 3.37. The molecule has 0 spiro atoms. The predicted molar refractivity (Wildman–Crippen MR) is 135 cm³/mol. The van der Waals surface area contributed by atoms with Crippen molar-refractivity contribution in [2.45, 2.75) is 18.9 Å². The van der Waals surface area contributed by atoms with Gasteiger partial charge in [0, 0.05) is 32.1 Å². The molecule has 7 nitrogen and oxygen atoms in total. The van der Waals surface area contributed by atoms with Gasteiger partial charge in [0.15, 0.2) is 0 Å². The third-order valence-corrected chi connectivity index (χ3v) is 5.93. The first kappa shape index (κ1) is 23.0. The second kappa shape index (κ2) is 11.1. The highest BCUT2D eigenvalue weighted by Crippen LogP contribution is 2.22. The van der Waals surface area contributed by atoms with Crippen LogP contribution in [-0.2, 0) is 4.74 Å². The maximum absolute atomic E-state index is 13.0. The van der Waals surface area contributed by atoms with E-state index in [-0.39, 0.29) is 5.69 Å². The van der Waals surface area contributed by atoms with E-state index in [1.807, 2.05) is 78.9 Å². The van der Waals surface area contributed by atoms with Gasteiger partial charge in [-0.15, -0.1) is 0 Å². The van der Waals surface area contributed by atoms with Crippen LogP contribution in [0.1, 0.15) is 12.8 Å². The second-order valence-corrected chi connectivity index (χ2v) is 8.41. The molecule has 0 saturated carbocycles. The van der Waals surface area contributed by atoms with E-state index in [4.69, 9.17) is 14.2 Å². The van der Waals surface area contributed by atoms with Gasteiger partial charge < -0.3 is 19.5 Å². The first-order valence-electron chi connectivity index (χ1n) is 12.0. The van der Waals surface area contributed by atoms with Gasteiger partial charge in [-0.1, -0.05) is 18.2 Å². The molecule has 35 heavy (non-hydrogen) atoms. The molecule has 4 aromatic rings. The minimum Gasteiger partial charge on any atom is -0.492 e. The van der Waals surface area contributed by atoms with Crippen molar-refractivity contribution in [1.82, 2.24) is 14.5 Å². The number of hydrogen-bond donors (Lipinski definition) is 1. The average Bonchev–Trinajstić information content (AvgIpc) is 3.55. The van der Waals surface area contributed by atoms with E-state index in [2.05, 4.69) is 5.32 Å². The molecule has 1 N–H and O–H groups in total. The van der Waals surface area contributed by atoms with Crippen LogP contribution < -0.4 is 20.5 Å². The highest BCUT2D eigenvalue weighted by Gasteiger charge is 2.14. The number of imidazole rings is 1. The molecule has 0 radical (unpaired) electrons. The van der Waals surface area contributed by atoms with E-state index < -0.39 is 0 Å². The van der Waals surface area contributed by atoms with Crippen LogP contribution in [0.15, 0.2) is 96.1 Å². The molecule has 2 heterocycles. The largest absolute Gasteiger partial charge is 0.492 e. The highest BCUT2D eigenvalue weighted by molar-refractivity contribution is 5.41. The zero-order valence-electron chi connectivity index (χ0n) is 19.5. The summed E-state index contributed by atoms with van der Waals surface area (Å²) in [5.74, 6) is 2.25. The fraction of sp³-hybridized carbons (Fsp3) is 0.250. The number of ether oxygens (including phenoxy) is 3. The molecule has 1 unspecified atom stereocenters. The van der Waals surface area contributed by atoms with Crippen molar-refractivity contribution in [2.75, 3.05) is 26.3 Å². The van der Waals surface area contributed by atoms with Crippen molar-refractivity contribution in [3.8, 4) is 28.6 Å². The summed E-state index contributed by atoms with van der Waals surface area (Å²) in [6.07, 6.45) is 6.14. The minimum atomic E-state index is -0.145. The van der Waals surface area contributed by atoms with Crippen LogP contribution in [0.2, 0.25) is 0 Å². The lowest BCUT2D eigenvalue weighted by atomic mass is 10.2. The fourth-order valence-electron chi connectivity index (χ4n) is 4.08. The molecule has 0 aliphatic carbocycles. The van der Waals surface area contributed by atoms with Gasteiger partial charge in [-0.25, -0.2) is 4.79 Å². The van der Waals surface area contributed by atoms with Crippen LogP contribution in [0.5, 0.6) is 17.2 Å². The molecule has 180 valence electrons. The molecule has 7 heteroatoms. The molecule has 0 amide bonds. The summed E-state index contributed by atoms with van der Waals surface area (Å²) in [4.78, 5) is 13.0. The topological polar surface area (TPSA) is 66.6 Å². The zero-order chi connectivity index (χ0) is 23.9. The number of rotatable bonds is 10. The van der Waals surface area contributed by atoms with Gasteiger partial charge in [-0.2, -0.15) is 0 Å². The summed E-state index contributed by atoms with van der Waals surface area (Å²) in [6.45, 7) is 3.08.